The van der Waals surface area contributed by atoms with Crippen LogP contribution in [-0.4, -0.2) is 35.5 Å². The zero-order valence-corrected chi connectivity index (χ0v) is 18.3. The Morgan fingerprint density at radius 1 is 1.33 bits per heavy atom. The van der Waals surface area contributed by atoms with Gasteiger partial charge in [-0.25, -0.2) is 4.98 Å². The molecule has 0 saturated carbocycles. The molecule has 1 saturated heterocycles. The lowest BCUT2D eigenvalue weighted by molar-refractivity contribution is -0.125. The van der Waals surface area contributed by atoms with Gasteiger partial charge in [-0.05, 0) is 30.7 Å². The number of nitrogens with one attached hydrogen (secondary N) is 2. The third-order valence-electron chi connectivity index (χ3n) is 5.61. The number of benzene rings is 1. The second-order valence-electron chi connectivity index (χ2n) is 8.34. The normalized spacial score (nSPS) is 16.9. The van der Waals surface area contributed by atoms with Crippen molar-refractivity contribution in [2.24, 2.45) is 11.8 Å². The fourth-order valence-electron chi connectivity index (χ4n) is 3.90. The summed E-state index contributed by atoms with van der Waals surface area (Å²) in [6, 6.07) is 10.0. The molecule has 4 rings (SSSR count). The third-order valence-corrected chi connectivity index (χ3v) is 6.58. The van der Waals surface area contributed by atoms with E-state index in [4.69, 9.17) is 4.98 Å². The summed E-state index contributed by atoms with van der Waals surface area (Å²) in [5.41, 5.74) is 2.64. The number of nitrogens with zero attached hydrogens (tertiary/aromatic N) is 2. The predicted octanol–water partition coefficient (Wildman–Crippen LogP) is 4.03. The van der Waals surface area contributed by atoms with Crippen LogP contribution in [0.25, 0.3) is 21.3 Å². The van der Waals surface area contributed by atoms with Gasteiger partial charge in [0.25, 0.3) is 5.56 Å². The van der Waals surface area contributed by atoms with Gasteiger partial charge in [-0.2, -0.15) is 0 Å². The molecule has 1 amide bonds. The Morgan fingerprint density at radius 3 is 2.90 bits per heavy atom. The standard InChI is InChI=1S/C23H28N4O2S/c1-15(2)10-11-24-21(28)17-9-6-12-27(13-17)23-25-19-18(16-7-4-3-5-8-16)14-30-20(19)22(29)26-23/h3-5,7-8,14-15,17H,6,9-13H2,1-2H3,(H,24,28)(H,25,26,29)/t17-/m1/s1. The maximum atomic E-state index is 12.7. The number of fused-ring (bicyclic) bond motifs is 1. The molecule has 7 heteroatoms. The van der Waals surface area contributed by atoms with E-state index in [1.165, 1.54) is 11.3 Å². The first kappa shape index (κ1) is 20.6. The number of carbonyl (C=O) groups is 1. The second kappa shape index (κ2) is 9.00. The Labute approximate surface area is 180 Å². The number of aromatic nitrogens is 2. The highest BCUT2D eigenvalue weighted by Crippen LogP contribution is 2.32. The quantitative estimate of drug-likeness (QED) is 0.626. The van der Waals surface area contributed by atoms with Gasteiger partial charge < -0.3 is 10.2 Å². The first-order chi connectivity index (χ1) is 14.5. The van der Waals surface area contributed by atoms with E-state index in [9.17, 15) is 9.59 Å². The van der Waals surface area contributed by atoms with Crippen LogP contribution in [0.15, 0.2) is 40.5 Å². The molecule has 158 valence electrons. The van der Waals surface area contributed by atoms with Crippen LogP contribution in [0.2, 0.25) is 0 Å². The number of anilines is 1. The largest absolute Gasteiger partial charge is 0.356 e. The Kier molecular flexibility index (Phi) is 6.18. The molecule has 0 spiro atoms. The lowest BCUT2D eigenvalue weighted by Gasteiger charge is -2.32. The van der Waals surface area contributed by atoms with E-state index in [1.807, 2.05) is 40.6 Å². The van der Waals surface area contributed by atoms with Gasteiger partial charge in [0.1, 0.15) is 4.70 Å². The SMILES string of the molecule is CC(C)CCNC(=O)[C@@H]1CCCN(c2nc3c(-c4ccccc4)csc3c(=O)[nH]2)C1. The van der Waals surface area contributed by atoms with Crippen molar-refractivity contribution >= 4 is 33.4 Å². The van der Waals surface area contributed by atoms with Crippen LogP contribution in [-0.2, 0) is 4.79 Å². The number of rotatable bonds is 6. The van der Waals surface area contributed by atoms with Gasteiger partial charge in [-0.3, -0.25) is 14.6 Å². The minimum Gasteiger partial charge on any atom is -0.356 e. The Bertz CT molecular complexity index is 1070. The summed E-state index contributed by atoms with van der Waals surface area (Å²) in [6.07, 6.45) is 2.75. The van der Waals surface area contributed by atoms with Crippen LogP contribution in [0.3, 0.4) is 0 Å². The number of aromatic amines is 1. The highest BCUT2D eigenvalue weighted by atomic mass is 32.1. The molecule has 1 fully saturated rings. The average molecular weight is 425 g/mol. The molecule has 3 heterocycles. The van der Waals surface area contributed by atoms with Crippen LogP contribution >= 0.6 is 11.3 Å². The number of carbonyl (C=O) groups excluding carboxylic acids is 1. The van der Waals surface area contributed by atoms with Crippen LogP contribution in [0.5, 0.6) is 0 Å². The number of thiophene rings is 1. The van der Waals surface area contributed by atoms with Crippen molar-refractivity contribution in [1.82, 2.24) is 15.3 Å². The lowest BCUT2D eigenvalue weighted by atomic mass is 9.97. The zero-order chi connectivity index (χ0) is 21.1. The minimum absolute atomic E-state index is 0.0806. The second-order valence-corrected chi connectivity index (χ2v) is 9.22. The van der Waals surface area contributed by atoms with Crippen LogP contribution in [0, 0.1) is 11.8 Å². The molecule has 1 aromatic carbocycles. The Hall–Kier alpha value is -2.67. The van der Waals surface area contributed by atoms with Gasteiger partial charge in [-0.15, -0.1) is 11.3 Å². The average Bonchev–Trinajstić information content (AvgIpc) is 3.19. The number of amides is 1. The third kappa shape index (κ3) is 4.41. The van der Waals surface area contributed by atoms with Crippen LogP contribution in [0.4, 0.5) is 5.95 Å². The molecule has 2 N–H and O–H groups in total. The van der Waals surface area contributed by atoms with E-state index in [2.05, 4.69) is 24.1 Å². The van der Waals surface area contributed by atoms with E-state index >= 15 is 0 Å². The van der Waals surface area contributed by atoms with Gasteiger partial charge in [0, 0.05) is 30.6 Å². The Morgan fingerprint density at radius 2 is 2.13 bits per heavy atom. The van der Waals surface area contributed by atoms with Crippen molar-refractivity contribution in [1.29, 1.82) is 0 Å². The van der Waals surface area contributed by atoms with E-state index < -0.39 is 0 Å². The lowest BCUT2D eigenvalue weighted by Crippen LogP contribution is -2.44. The van der Waals surface area contributed by atoms with Crippen molar-refractivity contribution in [3.05, 3.63) is 46.1 Å². The molecule has 0 bridgehead atoms. The van der Waals surface area contributed by atoms with E-state index in [0.29, 0.717) is 29.7 Å². The van der Waals surface area contributed by atoms with Crippen molar-refractivity contribution < 1.29 is 4.79 Å². The molecule has 1 aliphatic heterocycles. The smallest absolute Gasteiger partial charge is 0.270 e. The summed E-state index contributed by atoms with van der Waals surface area (Å²) >= 11 is 1.42. The van der Waals surface area contributed by atoms with Crippen molar-refractivity contribution in [2.45, 2.75) is 33.1 Å². The van der Waals surface area contributed by atoms with Crippen molar-refractivity contribution in [3.63, 3.8) is 0 Å². The molecule has 3 aromatic rings. The summed E-state index contributed by atoms with van der Waals surface area (Å²) in [6.45, 7) is 6.38. The first-order valence-electron chi connectivity index (χ1n) is 10.6. The van der Waals surface area contributed by atoms with Crippen molar-refractivity contribution in [3.8, 4) is 11.1 Å². The zero-order valence-electron chi connectivity index (χ0n) is 17.5. The maximum absolute atomic E-state index is 12.7. The van der Waals surface area contributed by atoms with E-state index in [1.54, 1.807) is 0 Å². The number of hydrogen-bond acceptors (Lipinski definition) is 5. The molecule has 0 aliphatic carbocycles. The molecule has 6 nitrogen and oxygen atoms in total. The summed E-state index contributed by atoms with van der Waals surface area (Å²) in [4.78, 5) is 35.1. The number of H-pyrrole nitrogens is 1. The fourth-order valence-corrected chi connectivity index (χ4v) is 4.81. The van der Waals surface area contributed by atoms with Crippen molar-refractivity contribution in [2.75, 3.05) is 24.5 Å². The summed E-state index contributed by atoms with van der Waals surface area (Å²) in [7, 11) is 0. The highest BCUT2D eigenvalue weighted by molar-refractivity contribution is 7.17. The molecular formula is C23H28N4O2S. The summed E-state index contributed by atoms with van der Waals surface area (Å²) in [5, 5.41) is 5.06. The first-order valence-corrected chi connectivity index (χ1v) is 11.5. The highest BCUT2D eigenvalue weighted by Gasteiger charge is 2.27. The van der Waals surface area contributed by atoms with Gasteiger partial charge in [0.15, 0.2) is 0 Å². The Balaban J connectivity index is 1.57. The minimum atomic E-state index is -0.120. The predicted molar refractivity (Wildman–Crippen MR) is 123 cm³/mol. The number of piperidine rings is 1. The van der Waals surface area contributed by atoms with Gasteiger partial charge in [0.2, 0.25) is 11.9 Å². The maximum Gasteiger partial charge on any atom is 0.270 e. The fraction of sp³-hybridized carbons (Fsp3) is 0.435. The summed E-state index contributed by atoms with van der Waals surface area (Å²) < 4.78 is 0.637. The molecule has 2 aromatic heterocycles. The van der Waals surface area contributed by atoms with Gasteiger partial charge in [0.05, 0.1) is 11.4 Å². The molecule has 0 radical (unpaired) electrons. The molecule has 0 unspecified atom stereocenters. The van der Waals surface area contributed by atoms with E-state index in [-0.39, 0.29) is 17.4 Å². The molecule has 1 atom stereocenters. The molecule has 1 aliphatic rings. The van der Waals surface area contributed by atoms with Gasteiger partial charge >= 0.3 is 0 Å². The monoisotopic (exact) mass is 424 g/mol. The summed E-state index contributed by atoms with van der Waals surface area (Å²) in [5.74, 6) is 1.15. The van der Waals surface area contributed by atoms with Crippen LogP contribution in [0.1, 0.15) is 33.1 Å². The van der Waals surface area contributed by atoms with Gasteiger partial charge in [-0.1, -0.05) is 44.2 Å². The molecule has 30 heavy (non-hydrogen) atoms. The van der Waals surface area contributed by atoms with Crippen LogP contribution < -0.4 is 15.8 Å². The molecular weight excluding hydrogens is 396 g/mol. The number of hydrogen-bond donors (Lipinski definition) is 2. The topological polar surface area (TPSA) is 78.1 Å². The van der Waals surface area contributed by atoms with E-state index in [0.717, 1.165) is 42.5 Å².